The van der Waals surface area contributed by atoms with Gasteiger partial charge in [0.25, 0.3) is 0 Å². The quantitative estimate of drug-likeness (QED) is 0.855. The zero-order valence-electron chi connectivity index (χ0n) is 16.7. The number of nitrogens with zero attached hydrogens (tertiary/aromatic N) is 2. The number of methoxy groups -OCH3 is 1. The van der Waals surface area contributed by atoms with Crippen LogP contribution < -0.4 is 14.2 Å². The third-order valence-electron chi connectivity index (χ3n) is 5.99. The number of aliphatic hydroxyl groups excluding tert-OH is 1. The highest BCUT2D eigenvalue weighted by Crippen LogP contribution is 2.43. The van der Waals surface area contributed by atoms with Crippen molar-refractivity contribution < 1.29 is 19.3 Å². The molecule has 4 rings (SSSR count). The molecule has 2 heterocycles. The number of benzene rings is 2. The zero-order chi connectivity index (χ0) is 19.7. The van der Waals surface area contributed by atoms with Crippen LogP contribution in [-0.2, 0) is 12.1 Å². The lowest BCUT2D eigenvalue weighted by Gasteiger charge is -2.50. The number of hydrogen-bond donors (Lipinski definition) is 1. The van der Waals surface area contributed by atoms with E-state index < -0.39 is 6.10 Å². The first-order valence-corrected chi connectivity index (χ1v) is 9.64. The molecule has 6 heteroatoms. The summed E-state index contributed by atoms with van der Waals surface area (Å²) in [5.41, 5.74) is 1.88. The van der Waals surface area contributed by atoms with E-state index in [2.05, 4.69) is 36.0 Å². The summed E-state index contributed by atoms with van der Waals surface area (Å²) in [5, 5.41) is 11.2. The number of fused-ring (bicyclic) bond motifs is 1. The molecule has 2 aliphatic heterocycles. The van der Waals surface area contributed by atoms with Gasteiger partial charge in [0.05, 0.1) is 18.8 Å². The molecule has 0 bridgehead atoms. The molecular weight excluding hydrogens is 356 g/mol. The van der Waals surface area contributed by atoms with Crippen LogP contribution in [0.3, 0.4) is 0 Å². The van der Waals surface area contributed by atoms with Gasteiger partial charge in [-0.05, 0) is 43.8 Å². The Bertz CT molecular complexity index is 827. The summed E-state index contributed by atoms with van der Waals surface area (Å²) in [7, 11) is 5.74. The average molecular weight is 384 g/mol. The van der Waals surface area contributed by atoms with Gasteiger partial charge in [-0.3, -0.25) is 9.80 Å². The molecule has 0 unspecified atom stereocenters. The van der Waals surface area contributed by atoms with Crippen LogP contribution in [0.15, 0.2) is 42.5 Å². The second kappa shape index (κ2) is 7.62. The molecule has 0 amide bonds. The smallest absolute Gasteiger partial charge is 0.231 e. The Morgan fingerprint density at radius 3 is 2.68 bits per heavy atom. The number of likely N-dealkylation sites (tertiary alicyclic amines) is 1. The van der Waals surface area contributed by atoms with Gasteiger partial charge in [0.2, 0.25) is 12.5 Å². The second-order valence-corrected chi connectivity index (χ2v) is 7.72. The normalized spacial score (nSPS) is 24.5. The molecule has 0 spiro atoms. The molecule has 2 aromatic carbocycles. The van der Waals surface area contributed by atoms with Crippen LogP contribution in [0.2, 0.25) is 0 Å². The highest BCUT2D eigenvalue weighted by Gasteiger charge is 2.45. The van der Waals surface area contributed by atoms with Crippen molar-refractivity contribution in [3.05, 3.63) is 53.6 Å². The van der Waals surface area contributed by atoms with Crippen molar-refractivity contribution >= 4 is 0 Å². The lowest BCUT2D eigenvalue weighted by molar-refractivity contribution is -0.0702. The number of β-amino-alcohol motifs (C(OH)–C–C–N with tert-alkyl or cyclic N) is 1. The van der Waals surface area contributed by atoms with Gasteiger partial charge in [0, 0.05) is 19.6 Å². The van der Waals surface area contributed by atoms with E-state index in [4.69, 9.17) is 14.2 Å². The fraction of sp³-hybridized carbons (Fsp3) is 0.455. The van der Waals surface area contributed by atoms with Crippen molar-refractivity contribution in [1.82, 2.24) is 9.80 Å². The van der Waals surface area contributed by atoms with E-state index in [0.29, 0.717) is 18.0 Å². The van der Waals surface area contributed by atoms with Crippen LogP contribution in [0.4, 0.5) is 0 Å². The van der Waals surface area contributed by atoms with Crippen LogP contribution in [0, 0.1) is 0 Å². The van der Waals surface area contributed by atoms with Crippen LogP contribution in [0.5, 0.6) is 17.2 Å². The number of rotatable bonds is 5. The maximum absolute atomic E-state index is 11.2. The van der Waals surface area contributed by atoms with Crippen LogP contribution in [0.25, 0.3) is 0 Å². The highest BCUT2D eigenvalue weighted by atomic mass is 16.7. The Morgan fingerprint density at radius 2 is 2.00 bits per heavy atom. The predicted molar refractivity (Wildman–Crippen MR) is 107 cm³/mol. The maximum Gasteiger partial charge on any atom is 0.231 e. The number of likely N-dealkylation sites (N-methyl/N-ethyl adjacent to an activating group) is 1. The lowest BCUT2D eigenvalue weighted by atomic mass is 9.77. The first kappa shape index (κ1) is 19.1. The third-order valence-corrected chi connectivity index (χ3v) is 5.99. The van der Waals surface area contributed by atoms with Crippen molar-refractivity contribution in [1.29, 1.82) is 0 Å². The third kappa shape index (κ3) is 3.21. The van der Waals surface area contributed by atoms with Gasteiger partial charge in [0.1, 0.15) is 0 Å². The Kier molecular flexibility index (Phi) is 5.19. The Hall–Kier alpha value is -2.28. The summed E-state index contributed by atoms with van der Waals surface area (Å²) < 4.78 is 16.5. The molecule has 0 aromatic heterocycles. The summed E-state index contributed by atoms with van der Waals surface area (Å²) in [4.78, 5) is 4.44. The second-order valence-electron chi connectivity index (χ2n) is 7.72. The molecule has 150 valence electrons. The molecule has 2 aromatic rings. The molecular formula is C22H28N2O4. The minimum Gasteiger partial charge on any atom is -0.493 e. The predicted octanol–water partition coefficient (Wildman–Crippen LogP) is 2.45. The maximum atomic E-state index is 11.2. The molecule has 6 nitrogen and oxygen atoms in total. The first-order chi connectivity index (χ1) is 13.5. The fourth-order valence-electron chi connectivity index (χ4n) is 4.50. The van der Waals surface area contributed by atoms with Crippen LogP contribution in [-0.4, -0.2) is 62.1 Å². The molecule has 2 atom stereocenters. The topological polar surface area (TPSA) is 54.4 Å². The Morgan fingerprint density at radius 1 is 1.21 bits per heavy atom. The van der Waals surface area contributed by atoms with Gasteiger partial charge in [-0.15, -0.1) is 0 Å². The Balaban J connectivity index is 1.53. The van der Waals surface area contributed by atoms with E-state index in [-0.39, 0.29) is 12.3 Å². The summed E-state index contributed by atoms with van der Waals surface area (Å²) in [6.45, 7) is 2.44. The highest BCUT2D eigenvalue weighted by molar-refractivity contribution is 5.55. The van der Waals surface area contributed by atoms with Gasteiger partial charge < -0.3 is 19.3 Å². The van der Waals surface area contributed by atoms with Crippen molar-refractivity contribution in [2.45, 2.75) is 24.6 Å². The van der Waals surface area contributed by atoms with Crippen LogP contribution in [0.1, 0.15) is 17.5 Å². The number of aliphatic hydroxyl groups is 1. The standard InChI is InChI=1S/C22H28N2O4/c1-23(2)22(17-7-5-4-6-8-17)9-10-24(14-20(22)25)13-16-11-18(26-3)21-19(12-16)27-15-28-21/h4-8,11-12,20,25H,9-10,13-15H2,1-3H3/t20-,22+/m1/s1. The molecule has 1 saturated heterocycles. The minimum absolute atomic E-state index is 0.222. The lowest BCUT2D eigenvalue weighted by Crippen LogP contribution is -2.59. The van der Waals surface area contributed by atoms with Crippen molar-refractivity contribution in [3.63, 3.8) is 0 Å². The zero-order valence-corrected chi connectivity index (χ0v) is 16.7. The molecule has 1 fully saturated rings. The largest absolute Gasteiger partial charge is 0.493 e. The van der Waals surface area contributed by atoms with Crippen LogP contribution >= 0.6 is 0 Å². The monoisotopic (exact) mass is 384 g/mol. The van der Waals surface area contributed by atoms with Gasteiger partial charge in [0.15, 0.2) is 11.5 Å². The average Bonchev–Trinajstić information content (AvgIpc) is 3.17. The number of piperidine rings is 1. The summed E-state index contributed by atoms with van der Waals surface area (Å²) in [6, 6.07) is 14.3. The molecule has 2 aliphatic rings. The summed E-state index contributed by atoms with van der Waals surface area (Å²) in [5.74, 6) is 2.08. The number of hydrogen-bond acceptors (Lipinski definition) is 6. The molecule has 28 heavy (non-hydrogen) atoms. The number of ether oxygens (including phenoxy) is 3. The minimum atomic E-state index is -0.491. The van der Waals surface area contributed by atoms with E-state index in [1.807, 2.05) is 30.3 Å². The van der Waals surface area contributed by atoms with E-state index in [9.17, 15) is 5.11 Å². The van der Waals surface area contributed by atoms with Gasteiger partial charge in [-0.1, -0.05) is 30.3 Å². The summed E-state index contributed by atoms with van der Waals surface area (Å²) in [6.07, 6.45) is 0.363. The van der Waals surface area contributed by atoms with E-state index in [0.717, 1.165) is 36.4 Å². The molecule has 0 saturated carbocycles. The van der Waals surface area contributed by atoms with E-state index in [1.165, 1.54) is 0 Å². The molecule has 0 radical (unpaired) electrons. The van der Waals surface area contributed by atoms with E-state index in [1.54, 1.807) is 7.11 Å². The van der Waals surface area contributed by atoms with Gasteiger partial charge in [-0.25, -0.2) is 0 Å². The van der Waals surface area contributed by atoms with Gasteiger partial charge >= 0.3 is 0 Å². The summed E-state index contributed by atoms with van der Waals surface area (Å²) >= 11 is 0. The molecule has 1 N–H and O–H groups in total. The first-order valence-electron chi connectivity index (χ1n) is 9.64. The van der Waals surface area contributed by atoms with Crippen molar-refractivity contribution in [3.8, 4) is 17.2 Å². The van der Waals surface area contributed by atoms with Crippen molar-refractivity contribution in [2.75, 3.05) is 41.1 Å². The van der Waals surface area contributed by atoms with Crippen molar-refractivity contribution in [2.24, 2.45) is 0 Å². The van der Waals surface area contributed by atoms with E-state index >= 15 is 0 Å². The van der Waals surface area contributed by atoms with Gasteiger partial charge in [-0.2, -0.15) is 0 Å². The Labute approximate surface area is 166 Å². The fourth-order valence-corrected chi connectivity index (χ4v) is 4.50. The molecule has 0 aliphatic carbocycles. The SMILES string of the molecule is COc1cc(CN2CC[C@@](c3ccccc3)(N(C)C)[C@H](O)C2)cc2c1OCO2.